The molecule has 3 aromatic rings. The lowest BCUT2D eigenvalue weighted by atomic mass is 10.1. The van der Waals surface area contributed by atoms with Gasteiger partial charge in [-0.3, -0.25) is 4.79 Å². The van der Waals surface area contributed by atoms with Crippen LogP contribution in [0.15, 0.2) is 41.5 Å². The Morgan fingerprint density at radius 2 is 1.88 bits per heavy atom. The Labute approximate surface area is 195 Å². The fraction of sp³-hybridized carbons (Fsp3) is 0.333. The topological polar surface area (TPSA) is 121 Å². The standard InChI is InChI=1S/C24H22FN7O2/c1-2-3-16-14-28-24(29-15-16)31-8-6-19(7-9-31)34-22-11-23(33)32(30-21(22)13-27)18-5-4-17(12-26)20(25)10-18/h4-5,10-11,14-15,19H,2-3,6-9H2,1H3. The molecule has 0 unspecified atom stereocenters. The first kappa shape index (κ1) is 22.9. The quantitative estimate of drug-likeness (QED) is 0.552. The number of piperidine rings is 1. The van der Waals surface area contributed by atoms with Gasteiger partial charge in [-0.25, -0.2) is 14.4 Å². The molecule has 0 aliphatic carbocycles. The third kappa shape index (κ3) is 4.86. The van der Waals surface area contributed by atoms with E-state index in [9.17, 15) is 14.4 Å². The molecule has 0 atom stereocenters. The molecule has 1 aliphatic heterocycles. The Hall–Kier alpha value is -4.31. The van der Waals surface area contributed by atoms with Crippen molar-refractivity contribution in [3.8, 4) is 23.6 Å². The van der Waals surface area contributed by atoms with E-state index in [0.717, 1.165) is 29.2 Å². The number of hydrogen-bond donors (Lipinski definition) is 0. The molecule has 0 spiro atoms. The molecule has 0 radical (unpaired) electrons. The first-order valence-electron chi connectivity index (χ1n) is 11.0. The first-order valence-corrected chi connectivity index (χ1v) is 11.0. The van der Waals surface area contributed by atoms with Crippen molar-refractivity contribution in [3.63, 3.8) is 0 Å². The van der Waals surface area contributed by atoms with Gasteiger partial charge in [0.1, 0.15) is 24.1 Å². The van der Waals surface area contributed by atoms with Crippen molar-refractivity contribution in [1.29, 1.82) is 10.5 Å². The summed E-state index contributed by atoms with van der Waals surface area (Å²) in [4.78, 5) is 23.6. The Balaban J connectivity index is 1.46. The van der Waals surface area contributed by atoms with E-state index in [2.05, 4.69) is 26.9 Å². The zero-order valence-corrected chi connectivity index (χ0v) is 18.6. The van der Waals surface area contributed by atoms with Gasteiger partial charge in [-0.1, -0.05) is 13.3 Å². The molecule has 1 aromatic carbocycles. The van der Waals surface area contributed by atoms with Crippen molar-refractivity contribution in [2.45, 2.75) is 38.7 Å². The van der Waals surface area contributed by atoms with E-state index in [-0.39, 0.29) is 28.8 Å². The third-order valence-corrected chi connectivity index (χ3v) is 5.57. The molecule has 1 aliphatic rings. The minimum Gasteiger partial charge on any atom is -0.487 e. The Bertz CT molecular complexity index is 1320. The number of anilines is 1. The molecule has 9 nitrogen and oxygen atoms in total. The molecule has 3 heterocycles. The van der Waals surface area contributed by atoms with Gasteiger partial charge in [-0.15, -0.1) is 5.10 Å². The zero-order valence-electron chi connectivity index (χ0n) is 18.6. The monoisotopic (exact) mass is 459 g/mol. The number of halogens is 1. The summed E-state index contributed by atoms with van der Waals surface area (Å²) in [6, 6.07) is 8.52. The molecular formula is C24H22FN7O2. The number of rotatable bonds is 6. The summed E-state index contributed by atoms with van der Waals surface area (Å²) in [5.41, 5.74) is 0.422. The third-order valence-electron chi connectivity index (χ3n) is 5.57. The maximum atomic E-state index is 14.0. The summed E-state index contributed by atoms with van der Waals surface area (Å²) >= 11 is 0. The number of aromatic nitrogens is 4. The average Bonchev–Trinajstić information content (AvgIpc) is 2.85. The molecular weight excluding hydrogens is 437 g/mol. The smallest absolute Gasteiger partial charge is 0.275 e. The zero-order chi connectivity index (χ0) is 24.1. The summed E-state index contributed by atoms with van der Waals surface area (Å²) in [5.74, 6) is -0.00491. The van der Waals surface area contributed by atoms with Crippen LogP contribution in [0.5, 0.6) is 5.75 Å². The van der Waals surface area contributed by atoms with Crippen molar-refractivity contribution in [2.75, 3.05) is 18.0 Å². The van der Waals surface area contributed by atoms with Crippen LogP contribution in [0, 0.1) is 28.5 Å². The van der Waals surface area contributed by atoms with E-state index in [1.54, 1.807) is 6.07 Å². The first-order chi connectivity index (χ1) is 16.5. The van der Waals surface area contributed by atoms with Crippen LogP contribution >= 0.6 is 0 Å². The molecule has 0 saturated carbocycles. The number of aryl methyl sites for hydroxylation is 1. The predicted molar refractivity (Wildman–Crippen MR) is 121 cm³/mol. The highest BCUT2D eigenvalue weighted by Gasteiger charge is 2.24. The lowest BCUT2D eigenvalue weighted by molar-refractivity contribution is 0.168. The Morgan fingerprint density at radius 1 is 1.15 bits per heavy atom. The summed E-state index contributed by atoms with van der Waals surface area (Å²) < 4.78 is 20.9. The van der Waals surface area contributed by atoms with Gasteiger partial charge in [0, 0.05) is 44.4 Å². The molecule has 172 valence electrons. The molecule has 34 heavy (non-hydrogen) atoms. The Kier molecular flexibility index (Phi) is 6.79. The minimum absolute atomic E-state index is 0.0818. The number of nitriles is 2. The number of benzene rings is 1. The summed E-state index contributed by atoms with van der Waals surface area (Å²) in [7, 11) is 0. The summed E-state index contributed by atoms with van der Waals surface area (Å²) in [5, 5.41) is 22.5. The van der Waals surface area contributed by atoms with Gasteiger partial charge in [0.05, 0.1) is 17.3 Å². The van der Waals surface area contributed by atoms with Crippen LogP contribution in [0.1, 0.15) is 43.0 Å². The summed E-state index contributed by atoms with van der Waals surface area (Å²) in [6.07, 6.45) is 6.82. The van der Waals surface area contributed by atoms with Crippen LogP contribution in [-0.4, -0.2) is 38.9 Å². The lowest BCUT2D eigenvalue weighted by Crippen LogP contribution is -2.39. The average molecular weight is 459 g/mol. The highest BCUT2D eigenvalue weighted by Crippen LogP contribution is 2.23. The second-order valence-corrected chi connectivity index (χ2v) is 7.94. The molecule has 4 rings (SSSR count). The summed E-state index contributed by atoms with van der Waals surface area (Å²) in [6.45, 7) is 3.46. The van der Waals surface area contributed by atoms with Gasteiger partial charge in [0.15, 0.2) is 5.75 Å². The largest absolute Gasteiger partial charge is 0.487 e. The molecule has 0 N–H and O–H groups in total. The molecule has 1 saturated heterocycles. The highest BCUT2D eigenvalue weighted by molar-refractivity contribution is 5.42. The van der Waals surface area contributed by atoms with Crippen LogP contribution in [0.4, 0.5) is 10.3 Å². The predicted octanol–water partition coefficient (Wildman–Crippen LogP) is 2.91. The van der Waals surface area contributed by atoms with Crippen LogP contribution in [-0.2, 0) is 6.42 Å². The molecule has 0 amide bonds. The number of nitrogens with zero attached hydrogens (tertiary/aromatic N) is 7. The van der Waals surface area contributed by atoms with Crippen LogP contribution in [0.3, 0.4) is 0 Å². The maximum absolute atomic E-state index is 14.0. The van der Waals surface area contributed by atoms with Gasteiger partial charge in [-0.05, 0) is 24.1 Å². The van der Waals surface area contributed by atoms with Crippen molar-refractivity contribution in [2.24, 2.45) is 0 Å². The fourth-order valence-corrected chi connectivity index (χ4v) is 3.80. The molecule has 2 aromatic heterocycles. The van der Waals surface area contributed by atoms with E-state index < -0.39 is 11.4 Å². The van der Waals surface area contributed by atoms with Crippen molar-refractivity contribution in [1.82, 2.24) is 19.7 Å². The normalized spacial score (nSPS) is 13.8. The van der Waals surface area contributed by atoms with Gasteiger partial charge in [-0.2, -0.15) is 15.2 Å². The number of ether oxygens (including phenoxy) is 1. The van der Waals surface area contributed by atoms with Gasteiger partial charge in [0.25, 0.3) is 5.56 Å². The van der Waals surface area contributed by atoms with Crippen LogP contribution < -0.4 is 15.2 Å². The fourth-order valence-electron chi connectivity index (χ4n) is 3.80. The minimum atomic E-state index is -0.775. The Morgan fingerprint density at radius 3 is 2.50 bits per heavy atom. The van der Waals surface area contributed by atoms with E-state index in [0.29, 0.717) is 31.9 Å². The molecule has 1 fully saturated rings. The van der Waals surface area contributed by atoms with E-state index in [4.69, 9.17) is 10.00 Å². The molecule has 0 bridgehead atoms. The maximum Gasteiger partial charge on any atom is 0.275 e. The van der Waals surface area contributed by atoms with E-state index >= 15 is 0 Å². The SMILES string of the molecule is CCCc1cnc(N2CCC(Oc3cc(=O)n(-c4ccc(C#N)c(F)c4)nc3C#N)CC2)nc1. The van der Waals surface area contributed by atoms with Crippen molar-refractivity contribution in [3.05, 3.63) is 69.7 Å². The van der Waals surface area contributed by atoms with E-state index in [1.165, 1.54) is 18.2 Å². The van der Waals surface area contributed by atoms with Crippen molar-refractivity contribution >= 4 is 5.95 Å². The lowest BCUT2D eigenvalue weighted by Gasteiger charge is -2.32. The van der Waals surface area contributed by atoms with Crippen LogP contribution in [0.2, 0.25) is 0 Å². The second-order valence-electron chi connectivity index (χ2n) is 7.94. The van der Waals surface area contributed by atoms with E-state index in [1.807, 2.05) is 18.5 Å². The van der Waals surface area contributed by atoms with Crippen molar-refractivity contribution < 1.29 is 9.13 Å². The highest BCUT2D eigenvalue weighted by atomic mass is 19.1. The number of hydrogen-bond acceptors (Lipinski definition) is 8. The second kappa shape index (κ2) is 10.1. The van der Waals surface area contributed by atoms with Gasteiger partial charge >= 0.3 is 0 Å². The molecule has 10 heteroatoms. The van der Waals surface area contributed by atoms with Gasteiger partial charge in [0.2, 0.25) is 11.6 Å². The van der Waals surface area contributed by atoms with Gasteiger partial charge < -0.3 is 9.64 Å². The van der Waals surface area contributed by atoms with Crippen LogP contribution in [0.25, 0.3) is 5.69 Å².